The summed E-state index contributed by atoms with van der Waals surface area (Å²) in [5.74, 6) is 0.929. The van der Waals surface area contributed by atoms with Crippen LogP contribution >= 0.6 is 0 Å². The van der Waals surface area contributed by atoms with Crippen molar-refractivity contribution in [2.24, 2.45) is 13.0 Å². The molecule has 1 fully saturated rings. The van der Waals surface area contributed by atoms with E-state index in [-0.39, 0.29) is 18.6 Å². The molecule has 2 amide bonds. The number of carbonyl (C=O) groups is 1. The third kappa shape index (κ3) is 2.64. The van der Waals surface area contributed by atoms with Gasteiger partial charge in [0.2, 0.25) is 0 Å². The van der Waals surface area contributed by atoms with Gasteiger partial charge in [0.05, 0.1) is 5.69 Å². The maximum Gasteiger partial charge on any atom is 0.323 e. The van der Waals surface area contributed by atoms with E-state index in [2.05, 4.69) is 10.4 Å². The summed E-state index contributed by atoms with van der Waals surface area (Å²) in [6.45, 7) is 3.51. The van der Waals surface area contributed by atoms with Crippen molar-refractivity contribution in [2.75, 3.05) is 25.0 Å². The summed E-state index contributed by atoms with van der Waals surface area (Å²) in [7, 11) is 1.81. The Bertz CT molecular complexity index is 430. The summed E-state index contributed by atoms with van der Waals surface area (Å²) in [4.78, 5) is 13.8. The number of aliphatic hydroxyl groups excluding tert-OH is 1. The zero-order valence-electron chi connectivity index (χ0n) is 10.9. The largest absolute Gasteiger partial charge is 0.396 e. The number of likely N-dealkylation sites (tertiary alicyclic amines) is 1. The van der Waals surface area contributed by atoms with Gasteiger partial charge in [-0.1, -0.05) is 6.92 Å². The molecule has 18 heavy (non-hydrogen) atoms. The number of aromatic nitrogens is 2. The molecule has 0 radical (unpaired) electrons. The van der Waals surface area contributed by atoms with Gasteiger partial charge in [-0.2, -0.15) is 5.10 Å². The molecule has 2 heterocycles. The van der Waals surface area contributed by atoms with Crippen molar-refractivity contribution < 1.29 is 9.90 Å². The highest BCUT2D eigenvalue weighted by atomic mass is 16.3. The summed E-state index contributed by atoms with van der Waals surface area (Å²) in [5, 5.41) is 16.2. The average molecular weight is 252 g/mol. The zero-order chi connectivity index (χ0) is 13.1. The Kier molecular flexibility index (Phi) is 3.86. The zero-order valence-corrected chi connectivity index (χ0v) is 10.9. The number of rotatable bonds is 3. The quantitative estimate of drug-likeness (QED) is 0.837. The van der Waals surface area contributed by atoms with Crippen molar-refractivity contribution in [3.8, 4) is 0 Å². The standard InChI is InChI=1S/C12H20N4O2/c1-3-10-6-11(15(2)14-10)13-12(18)16-5-4-9(7-16)8-17/h6,9,17H,3-5,7-8H2,1-2H3,(H,13,18). The van der Waals surface area contributed by atoms with Crippen molar-refractivity contribution >= 4 is 11.8 Å². The van der Waals surface area contributed by atoms with Gasteiger partial charge in [0.25, 0.3) is 0 Å². The predicted octanol–water partition coefficient (Wildman–Crippen LogP) is 0.829. The van der Waals surface area contributed by atoms with Crippen LogP contribution in [0.4, 0.5) is 10.6 Å². The minimum atomic E-state index is -0.114. The Hall–Kier alpha value is -1.56. The number of aryl methyl sites for hydroxylation is 2. The van der Waals surface area contributed by atoms with Gasteiger partial charge >= 0.3 is 6.03 Å². The molecule has 0 saturated carbocycles. The summed E-state index contributed by atoms with van der Waals surface area (Å²) in [5.41, 5.74) is 0.961. The lowest BCUT2D eigenvalue weighted by Gasteiger charge is -2.16. The fourth-order valence-corrected chi connectivity index (χ4v) is 2.17. The Morgan fingerprint density at radius 2 is 2.44 bits per heavy atom. The molecule has 2 N–H and O–H groups in total. The summed E-state index contributed by atoms with van der Waals surface area (Å²) in [6, 6.07) is 1.77. The van der Waals surface area contributed by atoms with Crippen LogP contribution in [-0.4, -0.2) is 45.5 Å². The molecule has 1 unspecified atom stereocenters. The molecule has 0 bridgehead atoms. The van der Waals surface area contributed by atoms with E-state index in [0.717, 1.165) is 18.5 Å². The molecule has 0 aliphatic carbocycles. The normalized spacial score (nSPS) is 19.3. The topological polar surface area (TPSA) is 70.4 Å². The fourth-order valence-electron chi connectivity index (χ4n) is 2.17. The van der Waals surface area contributed by atoms with E-state index >= 15 is 0 Å². The first-order valence-electron chi connectivity index (χ1n) is 6.33. The van der Waals surface area contributed by atoms with Crippen LogP contribution in [0.15, 0.2) is 6.07 Å². The SMILES string of the molecule is CCc1cc(NC(=O)N2CCC(CO)C2)n(C)n1. The first-order valence-corrected chi connectivity index (χ1v) is 6.33. The minimum absolute atomic E-state index is 0.114. The Morgan fingerprint density at radius 1 is 1.67 bits per heavy atom. The number of aliphatic hydroxyl groups is 1. The minimum Gasteiger partial charge on any atom is -0.396 e. The highest BCUT2D eigenvalue weighted by Crippen LogP contribution is 2.17. The number of amides is 2. The fraction of sp³-hybridized carbons (Fsp3) is 0.667. The second-order valence-electron chi connectivity index (χ2n) is 4.71. The van der Waals surface area contributed by atoms with Gasteiger partial charge in [0.1, 0.15) is 5.82 Å². The first kappa shape index (κ1) is 12.9. The Balaban J connectivity index is 1.96. The van der Waals surface area contributed by atoms with Crippen molar-refractivity contribution in [3.63, 3.8) is 0 Å². The highest BCUT2D eigenvalue weighted by Gasteiger charge is 2.26. The molecular formula is C12H20N4O2. The number of urea groups is 1. The molecule has 6 nitrogen and oxygen atoms in total. The van der Waals surface area contributed by atoms with E-state index in [1.54, 1.807) is 9.58 Å². The van der Waals surface area contributed by atoms with Gasteiger partial charge in [0.15, 0.2) is 0 Å². The van der Waals surface area contributed by atoms with Crippen LogP contribution in [0.1, 0.15) is 19.0 Å². The van der Waals surface area contributed by atoms with E-state index < -0.39 is 0 Å². The Morgan fingerprint density at radius 3 is 3.00 bits per heavy atom. The summed E-state index contributed by atoms with van der Waals surface area (Å²) in [6.07, 6.45) is 1.72. The molecular weight excluding hydrogens is 232 g/mol. The molecule has 6 heteroatoms. The van der Waals surface area contributed by atoms with E-state index in [9.17, 15) is 4.79 Å². The van der Waals surface area contributed by atoms with E-state index in [4.69, 9.17) is 5.11 Å². The number of hydrogen-bond donors (Lipinski definition) is 2. The van der Waals surface area contributed by atoms with Gasteiger partial charge in [-0.25, -0.2) is 4.79 Å². The van der Waals surface area contributed by atoms with Gasteiger partial charge in [-0.3, -0.25) is 10.00 Å². The van der Waals surface area contributed by atoms with E-state index in [1.165, 1.54) is 0 Å². The lowest BCUT2D eigenvalue weighted by atomic mass is 10.1. The summed E-state index contributed by atoms with van der Waals surface area (Å²) >= 11 is 0. The number of nitrogens with zero attached hydrogens (tertiary/aromatic N) is 3. The van der Waals surface area contributed by atoms with Crippen LogP contribution in [0.25, 0.3) is 0 Å². The van der Waals surface area contributed by atoms with Gasteiger partial charge in [-0.15, -0.1) is 0 Å². The van der Waals surface area contributed by atoms with Crippen molar-refractivity contribution in [1.29, 1.82) is 0 Å². The predicted molar refractivity (Wildman–Crippen MR) is 68.4 cm³/mol. The van der Waals surface area contributed by atoms with Gasteiger partial charge in [0, 0.05) is 38.7 Å². The highest BCUT2D eigenvalue weighted by molar-refractivity contribution is 5.88. The lowest BCUT2D eigenvalue weighted by Crippen LogP contribution is -2.33. The van der Waals surface area contributed by atoms with Crippen LogP contribution in [-0.2, 0) is 13.5 Å². The van der Waals surface area contributed by atoms with E-state index in [1.807, 2.05) is 20.0 Å². The number of hydrogen-bond acceptors (Lipinski definition) is 3. The van der Waals surface area contributed by atoms with Crippen LogP contribution in [0.5, 0.6) is 0 Å². The van der Waals surface area contributed by atoms with Crippen LogP contribution in [0.3, 0.4) is 0 Å². The molecule has 1 aliphatic heterocycles. The Labute approximate surface area is 107 Å². The first-order chi connectivity index (χ1) is 8.63. The van der Waals surface area contributed by atoms with Crippen LogP contribution < -0.4 is 5.32 Å². The third-order valence-electron chi connectivity index (χ3n) is 3.36. The van der Waals surface area contributed by atoms with Gasteiger partial charge in [-0.05, 0) is 12.8 Å². The lowest BCUT2D eigenvalue weighted by molar-refractivity contribution is 0.208. The second-order valence-corrected chi connectivity index (χ2v) is 4.71. The van der Waals surface area contributed by atoms with Crippen LogP contribution in [0.2, 0.25) is 0 Å². The molecule has 0 aromatic carbocycles. The summed E-state index contributed by atoms with van der Waals surface area (Å²) < 4.78 is 1.68. The molecule has 1 aromatic rings. The van der Waals surface area contributed by atoms with Crippen molar-refractivity contribution in [1.82, 2.24) is 14.7 Å². The molecule has 1 atom stereocenters. The average Bonchev–Trinajstić information content (AvgIpc) is 2.96. The number of anilines is 1. The molecule has 1 saturated heterocycles. The smallest absolute Gasteiger partial charge is 0.323 e. The van der Waals surface area contributed by atoms with E-state index in [0.29, 0.717) is 18.9 Å². The van der Waals surface area contributed by atoms with Gasteiger partial charge < -0.3 is 10.0 Å². The van der Waals surface area contributed by atoms with Crippen molar-refractivity contribution in [2.45, 2.75) is 19.8 Å². The number of nitrogens with one attached hydrogen (secondary N) is 1. The van der Waals surface area contributed by atoms with Crippen LogP contribution in [0, 0.1) is 5.92 Å². The van der Waals surface area contributed by atoms with Crippen molar-refractivity contribution in [3.05, 3.63) is 11.8 Å². The monoisotopic (exact) mass is 252 g/mol. The maximum atomic E-state index is 12.0. The number of carbonyl (C=O) groups excluding carboxylic acids is 1. The molecule has 1 aliphatic rings. The molecule has 0 spiro atoms. The molecule has 100 valence electrons. The second kappa shape index (κ2) is 5.39. The third-order valence-corrected chi connectivity index (χ3v) is 3.36. The maximum absolute atomic E-state index is 12.0. The molecule has 2 rings (SSSR count). The molecule has 1 aromatic heterocycles.